The molecule has 0 aliphatic carbocycles. The lowest BCUT2D eigenvalue weighted by Crippen LogP contribution is -2.32. The van der Waals surface area contributed by atoms with Crippen molar-refractivity contribution in [2.24, 2.45) is 11.8 Å². The van der Waals surface area contributed by atoms with E-state index in [0.717, 1.165) is 74.3 Å². The molecule has 0 bridgehead atoms. The van der Waals surface area contributed by atoms with Gasteiger partial charge in [-0.2, -0.15) is 0 Å². The normalized spacial score (nSPS) is 22.6. The van der Waals surface area contributed by atoms with Gasteiger partial charge in [0.15, 0.2) is 0 Å². The molecule has 25 heavy (non-hydrogen) atoms. The van der Waals surface area contributed by atoms with Gasteiger partial charge in [-0.15, -0.1) is 12.4 Å². The van der Waals surface area contributed by atoms with Gasteiger partial charge in [-0.05, 0) is 61.9 Å². The fourth-order valence-electron chi connectivity index (χ4n) is 3.89. The summed E-state index contributed by atoms with van der Waals surface area (Å²) in [5.74, 6) is 3.32. The highest BCUT2D eigenvalue weighted by molar-refractivity contribution is 5.85. The number of nitrogens with one attached hydrogen (secondary N) is 1. The van der Waals surface area contributed by atoms with E-state index in [4.69, 9.17) is 9.47 Å². The molecule has 0 aromatic heterocycles. The molecule has 1 amide bonds. The largest absolute Gasteiger partial charge is 0.497 e. The van der Waals surface area contributed by atoms with E-state index < -0.39 is 0 Å². The summed E-state index contributed by atoms with van der Waals surface area (Å²) in [6, 6.07) is 5.81. The molecule has 0 spiro atoms. The first kappa shape index (κ1) is 19.9. The van der Waals surface area contributed by atoms with Gasteiger partial charge in [-0.25, -0.2) is 0 Å². The van der Waals surface area contributed by atoms with Gasteiger partial charge in [0.2, 0.25) is 5.91 Å². The third-order valence-electron chi connectivity index (χ3n) is 5.41. The third-order valence-corrected chi connectivity index (χ3v) is 5.41. The zero-order valence-electron chi connectivity index (χ0n) is 15.1. The second-order valence-corrected chi connectivity index (χ2v) is 6.86. The molecule has 1 aromatic rings. The Kier molecular flexibility index (Phi) is 7.38. The van der Waals surface area contributed by atoms with Crippen LogP contribution >= 0.6 is 12.4 Å². The van der Waals surface area contributed by atoms with Gasteiger partial charge < -0.3 is 19.7 Å². The highest BCUT2D eigenvalue weighted by atomic mass is 35.5. The van der Waals surface area contributed by atoms with Crippen molar-refractivity contribution in [3.05, 3.63) is 23.8 Å². The number of methoxy groups -OCH3 is 2. The maximum Gasteiger partial charge on any atom is 0.222 e. The maximum absolute atomic E-state index is 12.6. The van der Waals surface area contributed by atoms with Crippen molar-refractivity contribution in [1.82, 2.24) is 10.2 Å². The Morgan fingerprint density at radius 3 is 2.16 bits per heavy atom. The molecule has 5 nitrogen and oxygen atoms in total. The first-order valence-corrected chi connectivity index (χ1v) is 8.90. The summed E-state index contributed by atoms with van der Waals surface area (Å²) in [6.45, 7) is 4.05. The van der Waals surface area contributed by atoms with E-state index >= 15 is 0 Å². The van der Waals surface area contributed by atoms with E-state index in [2.05, 4.69) is 10.2 Å². The molecule has 1 N–H and O–H groups in total. The second kappa shape index (κ2) is 9.30. The topological polar surface area (TPSA) is 50.8 Å². The SMILES string of the molecule is COc1cc(CCC(=O)N2CC[C@@H]3CNC[C@@H]3CC2)cc(OC)c1.Cl. The fraction of sp³-hybridized carbons (Fsp3) is 0.632. The minimum atomic E-state index is 0. The molecule has 6 heteroatoms. The summed E-state index contributed by atoms with van der Waals surface area (Å²) in [7, 11) is 3.29. The van der Waals surface area contributed by atoms with Crippen LogP contribution < -0.4 is 14.8 Å². The third kappa shape index (κ3) is 5.02. The van der Waals surface area contributed by atoms with Crippen LogP contribution in [0.25, 0.3) is 0 Å². The summed E-state index contributed by atoms with van der Waals surface area (Å²) in [6.07, 6.45) is 3.54. The quantitative estimate of drug-likeness (QED) is 0.867. The van der Waals surface area contributed by atoms with Crippen molar-refractivity contribution in [3.8, 4) is 11.5 Å². The summed E-state index contributed by atoms with van der Waals surface area (Å²) >= 11 is 0. The Labute approximate surface area is 156 Å². The second-order valence-electron chi connectivity index (χ2n) is 6.86. The van der Waals surface area contributed by atoms with Gasteiger partial charge in [-0.3, -0.25) is 4.79 Å². The number of ether oxygens (including phenoxy) is 2. The summed E-state index contributed by atoms with van der Waals surface area (Å²) in [5, 5.41) is 3.48. The monoisotopic (exact) mass is 368 g/mol. The Balaban J connectivity index is 0.00000225. The first-order valence-electron chi connectivity index (χ1n) is 8.90. The number of amides is 1. The molecule has 2 aliphatic heterocycles. The van der Waals surface area contributed by atoms with Crippen LogP contribution in [0.2, 0.25) is 0 Å². The van der Waals surface area contributed by atoms with Crippen LogP contribution in [-0.4, -0.2) is 51.2 Å². The molecule has 0 unspecified atom stereocenters. The molecule has 0 radical (unpaired) electrons. The van der Waals surface area contributed by atoms with Gasteiger partial charge in [0.05, 0.1) is 14.2 Å². The molecule has 2 aliphatic rings. The van der Waals surface area contributed by atoms with E-state index in [1.54, 1.807) is 14.2 Å². The van der Waals surface area contributed by atoms with Crippen LogP contribution in [0.15, 0.2) is 18.2 Å². The van der Waals surface area contributed by atoms with Crippen molar-refractivity contribution in [1.29, 1.82) is 0 Å². The number of aryl methyl sites for hydroxylation is 1. The number of carbonyl (C=O) groups is 1. The fourth-order valence-corrected chi connectivity index (χ4v) is 3.89. The number of rotatable bonds is 5. The predicted molar refractivity (Wildman–Crippen MR) is 101 cm³/mol. The van der Waals surface area contributed by atoms with Gasteiger partial charge in [0, 0.05) is 25.6 Å². The molecular formula is C19H29ClN2O3. The summed E-state index contributed by atoms with van der Waals surface area (Å²) < 4.78 is 10.6. The summed E-state index contributed by atoms with van der Waals surface area (Å²) in [4.78, 5) is 14.7. The lowest BCUT2D eigenvalue weighted by Gasteiger charge is -2.21. The van der Waals surface area contributed by atoms with Crippen LogP contribution in [0.5, 0.6) is 11.5 Å². The van der Waals surface area contributed by atoms with Crippen molar-refractivity contribution in [2.45, 2.75) is 25.7 Å². The van der Waals surface area contributed by atoms with Gasteiger partial charge in [-0.1, -0.05) is 0 Å². The smallest absolute Gasteiger partial charge is 0.222 e. The van der Waals surface area contributed by atoms with Crippen LogP contribution in [0.4, 0.5) is 0 Å². The Bertz CT molecular complexity index is 546. The Morgan fingerprint density at radius 2 is 1.64 bits per heavy atom. The number of fused-ring (bicyclic) bond motifs is 1. The number of benzene rings is 1. The van der Waals surface area contributed by atoms with Crippen LogP contribution in [0, 0.1) is 11.8 Å². The van der Waals surface area contributed by atoms with Crippen LogP contribution in [0.1, 0.15) is 24.8 Å². The number of halogens is 1. The minimum Gasteiger partial charge on any atom is -0.497 e. The molecule has 1 aromatic carbocycles. The molecule has 2 saturated heterocycles. The number of hydrogen-bond donors (Lipinski definition) is 1. The average molecular weight is 369 g/mol. The van der Waals surface area contributed by atoms with E-state index in [-0.39, 0.29) is 18.3 Å². The minimum absolute atomic E-state index is 0. The van der Waals surface area contributed by atoms with E-state index in [9.17, 15) is 4.79 Å². The lowest BCUT2D eigenvalue weighted by molar-refractivity contribution is -0.131. The maximum atomic E-state index is 12.6. The standard InChI is InChI=1S/C19H28N2O3.ClH/c1-23-17-9-14(10-18(11-17)24-2)3-4-19(22)21-7-5-15-12-20-13-16(15)6-8-21;/h9-11,15-16,20H,3-8,12-13H2,1-2H3;1H/t15-,16+;. The molecule has 0 saturated carbocycles. The average Bonchev–Trinajstić information content (AvgIpc) is 2.97. The highest BCUT2D eigenvalue weighted by Crippen LogP contribution is 2.28. The van der Waals surface area contributed by atoms with E-state index in [0.29, 0.717) is 6.42 Å². The zero-order chi connectivity index (χ0) is 16.9. The zero-order valence-corrected chi connectivity index (χ0v) is 15.9. The molecular weight excluding hydrogens is 340 g/mol. The molecule has 140 valence electrons. The van der Waals surface area contributed by atoms with E-state index in [1.807, 2.05) is 18.2 Å². The van der Waals surface area contributed by atoms with Crippen molar-refractivity contribution >= 4 is 18.3 Å². The number of carbonyl (C=O) groups excluding carboxylic acids is 1. The summed E-state index contributed by atoms with van der Waals surface area (Å²) in [5.41, 5.74) is 1.08. The number of nitrogens with zero attached hydrogens (tertiary/aromatic N) is 1. The lowest BCUT2D eigenvalue weighted by atomic mass is 9.92. The molecule has 2 fully saturated rings. The molecule has 2 heterocycles. The van der Waals surface area contributed by atoms with Crippen molar-refractivity contribution in [2.75, 3.05) is 40.4 Å². The first-order chi connectivity index (χ1) is 11.7. The van der Waals surface area contributed by atoms with Crippen LogP contribution in [-0.2, 0) is 11.2 Å². The Hall–Kier alpha value is -1.46. The van der Waals surface area contributed by atoms with Gasteiger partial charge >= 0.3 is 0 Å². The van der Waals surface area contributed by atoms with Crippen molar-refractivity contribution in [3.63, 3.8) is 0 Å². The van der Waals surface area contributed by atoms with Gasteiger partial charge in [0.1, 0.15) is 11.5 Å². The van der Waals surface area contributed by atoms with E-state index in [1.165, 1.54) is 0 Å². The van der Waals surface area contributed by atoms with Crippen LogP contribution in [0.3, 0.4) is 0 Å². The number of hydrogen-bond acceptors (Lipinski definition) is 4. The predicted octanol–water partition coefficient (Wildman–Crippen LogP) is 2.52. The van der Waals surface area contributed by atoms with Gasteiger partial charge in [0.25, 0.3) is 0 Å². The van der Waals surface area contributed by atoms with Crippen molar-refractivity contribution < 1.29 is 14.3 Å². The highest BCUT2D eigenvalue weighted by Gasteiger charge is 2.31. The number of likely N-dealkylation sites (tertiary alicyclic amines) is 1. The Morgan fingerprint density at radius 1 is 1.08 bits per heavy atom. The molecule has 2 atom stereocenters. The molecule has 3 rings (SSSR count).